The molecule has 3 N–H and O–H groups in total. The zero-order chi connectivity index (χ0) is 14.9. The molecule has 1 saturated heterocycles. The predicted octanol–water partition coefficient (Wildman–Crippen LogP) is -0.118. The van der Waals surface area contributed by atoms with E-state index in [0.717, 1.165) is 4.57 Å². The Labute approximate surface area is 119 Å². The third kappa shape index (κ3) is 2.49. The van der Waals surface area contributed by atoms with Crippen LogP contribution >= 0.6 is 15.9 Å². The fourth-order valence-corrected chi connectivity index (χ4v) is 2.32. The SMILES string of the molecule is [N-]=[N+]=Nc1c(Br)c(=O)[nH]c(=O)n1[C@@H]1CC(O)[C@H](CO)O1. The van der Waals surface area contributed by atoms with E-state index in [1.807, 2.05) is 4.98 Å². The molecule has 2 heterocycles. The van der Waals surface area contributed by atoms with Crippen LogP contribution in [0.1, 0.15) is 12.6 Å². The van der Waals surface area contributed by atoms with Crippen molar-refractivity contribution in [2.75, 3.05) is 6.61 Å². The quantitative estimate of drug-likeness (QED) is 0.395. The van der Waals surface area contributed by atoms with Crippen LogP contribution in [0.2, 0.25) is 0 Å². The van der Waals surface area contributed by atoms with Crippen LogP contribution in [-0.4, -0.2) is 38.6 Å². The zero-order valence-electron chi connectivity index (χ0n) is 9.93. The molecule has 2 rings (SSSR count). The largest absolute Gasteiger partial charge is 0.394 e. The van der Waals surface area contributed by atoms with Gasteiger partial charge in [0.1, 0.15) is 22.6 Å². The molecule has 3 atom stereocenters. The minimum absolute atomic E-state index is 0.0115. The molecule has 1 aliphatic heterocycles. The molecule has 1 aromatic heterocycles. The molecule has 108 valence electrons. The summed E-state index contributed by atoms with van der Waals surface area (Å²) in [4.78, 5) is 27.9. The first-order valence-corrected chi connectivity index (χ1v) is 6.32. The maximum Gasteiger partial charge on any atom is 0.330 e. The van der Waals surface area contributed by atoms with Gasteiger partial charge in [0.2, 0.25) is 0 Å². The molecule has 0 saturated carbocycles. The third-order valence-electron chi connectivity index (χ3n) is 2.87. The molecule has 0 bridgehead atoms. The van der Waals surface area contributed by atoms with E-state index in [-0.39, 0.29) is 16.7 Å². The van der Waals surface area contributed by atoms with Crippen LogP contribution in [0.5, 0.6) is 0 Å². The molecule has 0 spiro atoms. The van der Waals surface area contributed by atoms with Gasteiger partial charge in [-0.2, -0.15) is 0 Å². The Morgan fingerprint density at radius 1 is 1.60 bits per heavy atom. The van der Waals surface area contributed by atoms with Crippen molar-refractivity contribution >= 4 is 21.7 Å². The van der Waals surface area contributed by atoms with Crippen molar-refractivity contribution in [1.29, 1.82) is 0 Å². The third-order valence-corrected chi connectivity index (χ3v) is 3.59. The number of hydrogen-bond donors (Lipinski definition) is 3. The molecule has 10 nitrogen and oxygen atoms in total. The Balaban J connectivity index is 2.57. The Morgan fingerprint density at radius 2 is 2.30 bits per heavy atom. The lowest BCUT2D eigenvalue weighted by Gasteiger charge is -2.17. The second-order valence-corrected chi connectivity index (χ2v) is 4.86. The van der Waals surface area contributed by atoms with Gasteiger partial charge >= 0.3 is 5.69 Å². The van der Waals surface area contributed by atoms with Crippen LogP contribution in [-0.2, 0) is 4.74 Å². The monoisotopic (exact) mass is 347 g/mol. The smallest absolute Gasteiger partial charge is 0.330 e. The summed E-state index contributed by atoms with van der Waals surface area (Å²) in [7, 11) is 0. The van der Waals surface area contributed by atoms with Crippen molar-refractivity contribution in [3.8, 4) is 0 Å². The van der Waals surface area contributed by atoms with E-state index < -0.39 is 36.3 Å². The van der Waals surface area contributed by atoms with Gasteiger partial charge in [-0.1, -0.05) is 0 Å². The van der Waals surface area contributed by atoms with Crippen LogP contribution < -0.4 is 11.2 Å². The summed E-state index contributed by atoms with van der Waals surface area (Å²) in [5.41, 5.74) is 6.94. The van der Waals surface area contributed by atoms with Crippen LogP contribution in [0.3, 0.4) is 0 Å². The minimum Gasteiger partial charge on any atom is -0.394 e. The van der Waals surface area contributed by atoms with Crippen molar-refractivity contribution in [2.45, 2.75) is 24.9 Å². The van der Waals surface area contributed by atoms with E-state index >= 15 is 0 Å². The van der Waals surface area contributed by atoms with Gasteiger partial charge in [-0.3, -0.25) is 14.3 Å². The lowest BCUT2D eigenvalue weighted by molar-refractivity contribution is -0.0453. The number of aliphatic hydroxyl groups excluding tert-OH is 2. The number of azide groups is 1. The van der Waals surface area contributed by atoms with Gasteiger partial charge in [0, 0.05) is 11.3 Å². The van der Waals surface area contributed by atoms with Gasteiger partial charge in [0.05, 0.1) is 12.7 Å². The van der Waals surface area contributed by atoms with E-state index in [9.17, 15) is 14.7 Å². The summed E-state index contributed by atoms with van der Waals surface area (Å²) in [6.07, 6.45) is -2.77. The fourth-order valence-electron chi connectivity index (χ4n) is 1.95. The van der Waals surface area contributed by atoms with Gasteiger partial charge in [-0.25, -0.2) is 4.79 Å². The molecule has 1 fully saturated rings. The van der Waals surface area contributed by atoms with E-state index in [2.05, 4.69) is 26.0 Å². The van der Waals surface area contributed by atoms with E-state index in [0.29, 0.717) is 0 Å². The first-order valence-electron chi connectivity index (χ1n) is 5.53. The highest BCUT2D eigenvalue weighted by molar-refractivity contribution is 9.10. The summed E-state index contributed by atoms with van der Waals surface area (Å²) in [6.45, 7) is -0.423. The topological polar surface area (TPSA) is 153 Å². The van der Waals surface area contributed by atoms with Crippen LogP contribution in [0.4, 0.5) is 5.82 Å². The molecule has 20 heavy (non-hydrogen) atoms. The average Bonchev–Trinajstić information content (AvgIpc) is 2.76. The normalized spacial score (nSPS) is 25.4. The number of ether oxygens (including phenoxy) is 1. The molecule has 0 aromatic carbocycles. The Morgan fingerprint density at radius 3 is 2.85 bits per heavy atom. The first-order chi connectivity index (χ1) is 9.49. The van der Waals surface area contributed by atoms with Crippen LogP contribution in [0.15, 0.2) is 19.2 Å². The number of aromatic nitrogens is 2. The molecule has 0 aliphatic carbocycles. The zero-order valence-corrected chi connectivity index (χ0v) is 11.5. The summed E-state index contributed by atoms with van der Waals surface area (Å²) in [5, 5.41) is 22.0. The van der Waals surface area contributed by atoms with Crippen molar-refractivity contribution in [3.63, 3.8) is 0 Å². The number of nitrogens with zero attached hydrogens (tertiary/aromatic N) is 4. The summed E-state index contributed by atoms with van der Waals surface area (Å²) < 4.78 is 6.10. The Hall–Kier alpha value is -1.65. The number of rotatable bonds is 3. The van der Waals surface area contributed by atoms with Gasteiger partial charge in [-0.15, -0.1) is 0 Å². The number of H-pyrrole nitrogens is 1. The van der Waals surface area contributed by atoms with Crippen molar-refractivity contribution in [3.05, 3.63) is 35.8 Å². The summed E-state index contributed by atoms with van der Waals surface area (Å²) in [6, 6.07) is 0. The lowest BCUT2D eigenvalue weighted by Crippen LogP contribution is -2.33. The second kappa shape index (κ2) is 5.77. The highest BCUT2D eigenvalue weighted by Crippen LogP contribution is 2.32. The Kier molecular flexibility index (Phi) is 4.26. The minimum atomic E-state index is -0.971. The number of hydrogen-bond acceptors (Lipinski definition) is 6. The van der Waals surface area contributed by atoms with Crippen LogP contribution in [0, 0.1) is 0 Å². The summed E-state index contributed by atoms with van der Waals surface area (Å²) in [5.74, 6) is -0.253. The molecule has 0 amide bonds. The van der Waals surface area contributed by atoms with Gasteiger partial charge in [-0.05, 0) is 26.6 Å². The average molecular weight is 348 g/mol. The maximum absolute atomic E-state index is 11.9. The molecular weight excluding hydrogens is 338 g/mol. The van der Waals surface area contributed by atoms with Gasteiger partial charge in [0.15, 0.2) is 0 Å². The molecular formula is C9H10BrN5O5. The van der Waals surface area contributed by atoms with E-state index in [4.69, 9.17) is 15.4 Å². The fraction of sp³-hybridized carbons (Fsp3) is 0.556. The number of nitrogens with one attached hydrogen (secondary N) is 1. The second-order valence-electron chi connectivity index (χ2n) is 4.07. The lowest BCUT2D eigenvalue weighted by atomic mass is 10.2. The molecule has 11 heteroatoms. The number of aromatic amines is 1. The molecule has 1 aliphatic rings. The van der Waals surface area contributed by atoms with Gasteiger partial charge < -0.3 is 14.9 Å². The highest BCUT2D eigenvalue weighted by Gasteiger charge is 2.36. The van der Waals surface area contributed by atoms with E-state index in [1.165, 1.54) is 0 Å². The maximum atomic E-state index is 11.9. The standard InChI is InChI=1S/C9H10BrN5O5/c10-6-7(13-14-11)15(9(19)12-8(6)18)5-1-3(17)4(2-16)20-5/h3-5,16-17H,1-2H2,(H,12,18,19)/t3?,4-,5-/m0/s1. The predicted molar refractivity (Wildman–Crippen MR) is 69.4 cm³/mol. The van der Waals surface area contributed by atoms with Crippen molar-refractivity contribution in [1.82, 2.24) is 9.55 Å². The van der Waals surface area contributed by atoms with Gasteiger partial charge in [0.25, 0.3) is 5.56 Å². The first kappa shape index (κ1) is 14.8. The Bertz CT molecular complexity index is 678. The molecule has 1 unspecified atom stereocenters. The van der Waals surface area contributed by atoms with E-state index in [1.54, 1.807) is 0 Å². The molecule has 0 radical (unpaired) electrons. The number of halogens is 1. The number of aliphatic hydroxyl groups is 2. The van der Waals surface area contributed by atoms with Crippen LogP contribution in [0.25, 0.3) is 10.4 Å². The van der Waals surface area contributed by atoms with Crippen molar-refractivity contribution in [2.24, 2.45) is 5.11 Å². The molecule has 1 aromatic rings. The highest BCUT2D eigenvalue weighted by atomic mass is 79.9. The summed E-state index contributed by atoms with van der Waals surface area (Å²) >= 11 is 2.92. The van der Waals surface area contributed by atoms with Crippen molar-refractivity contribution < 1.29 is 14.9 Å².